The summed E-state index contributed by atoms with van der Waals surface area (Å²) in [6.45, 7) is 0. The van der Waals surface area contributed by atoms with E-state index >= 15 is 0 Å². The molecule has 0 aliphatic carbocycles. The van der Waals surface area contributed by atoms with Gasteiger partial charge >= 0.3 is 0 Å². The lowest BCUT2D eigenvalue weighted by atomic mass is 9.84. The Bertz CT molecular complexity index is 2770. The monoisotopic (exact) mass is 696 g/mol. The first-order chi connectivity index (χ1) is 26.8. The van der Waals surface area contributed by atoms with Gasteiger partial charge in [-0.15, -0.1) is 0 Å². The Morgan fingerprint density at radius 3 is 1.70 bits per heavy atom. The third-order valence-corrected chi connectivity index (χ3v) is 10.1. The summed E-state index contributed by atoms with van der Waals surface area (Å²) in [7, 11) is 0. The summed E-state index contributed by atoms with van der Waals surface area (Å²) >= 11 is 0. The van der Waals surface area contributed by atoms with Gasteiger partial charge in [0.1, 0.15) is 23.9 Å². The highest BCUT2D eigenvalue weighted by atomic mass is 16.5. The molecule has 1 N–H and O–H groups in total. The van der Waals surface area contributed by atoms with Crippen molar-refractivity contribution in [3.05, 3.63) is 189 Å². The van der Waals surface area contributed by atoms with Crippen molar-refractivity contribution in [2.45, 2.75) is 6.23 Å². The summed E-state index contributed by atoms with van der Waals surface area (Å²) in [5.74, 6) is 0.485. The summed E-state index contributed by atoms with van der Waals surface area (Å²) in [5, 5.41) is 7.76. The fraction of sp³-hybridized carbons (Fsp3) is 0.0208. The summed E-state index contributed by atoms with van der Waals surface area (Å²) < 4.78 is 11.5. The molecule has 0 saturated heterocycles. The highest BCUT2D eigenvalue weighted by Crippen LogP contribution is 2.46. The van der Waals surface area contributed by atoms with Crippen molar-refractivity contribution in [2.24, 2.45) is 0 Å². The number of rotatable bonds is 7. The molecule has 4 heterocycles. The second kappa shape index (κ2) is 13.3. The fourth-order valence-corrected chi connectivity index (χ4v) is 7.61. The SMILES string of the molecule is C1=COC(c2cc(-c3c4ccccc4c(-c4ccnc(-c5ncco5)c4)c4ccc(-c5cc(-c6ccccc6)cc(-c6ccccc6)c5)cc34)ccn2)N1. The molecule has 6 aromatic carbocycles. The van der Waals surface area contributed by atoms with Crippen molar-refractivity contribution in [1.29, 1.82) is 0 Å². The van der Waals surface area contributed by atoms with E-state index in [2.05, 4.69) is 161 Å². The van der Waals surface area contributed by atoms with Crippen LogP contribution in [0.15, 0.2) is 187 Å². The van der Waals surface area contributed by atoms with E-state index < -0.39 is 0 Å². The van der Waals surface area contributed by atoms with Crippen LogP contribution >= 0.6 is 0 Å². The number of benzene rings is 6. The quantitative estimate of drug-likeness (QED) is 0.167. The van der Waals surface area contributed by atoms with E-state index in [9.17, 15) is 0 Å². The molecule has 54 heavy (non-hydrogen) atoms. The van der Waals surface area contributed by atoms with E-state index in [1.54, 1.807) is 24.9 Å². The van der Waals surface area contributed by atoms with Crippen LogP contribution in [0.2, 0.25) is 0 Å². The molecular formula is C48H32N4O2. The second-order valence-corrected chi connectivity index (χ2v) is 13.3. The number of hydrogen-bond donors (Lipinski definition) is 1. The summed E-state index contributed by atoms with van der Waals surface area (Å²) in [6, 6.07) is 51.9. The fourth-order valence-electron chi connectivity index (χ4n) is 7.61. The van der Waals surface area contributed by atoms with Crippen LogP contribution in [0.25, 0.3) is 88.8 Å². The Hall–Kier alpha value is -7.31. The lowest BCUT2D eigenvalue weighted by Crippen LogP contribution is -2.12. The summed E-state index contributed by atoms with van der Waals surface area (Å²) in [4.78, 5) is 13.7. The van der Waals surface area contributed by atoms with Gasteiger partial charge in [-0.3, -0.25) is 9.97 Å². The van der Waals surface area contributed by atoms with E-state index in [1.807, 2.05) is 12.4 Å². The number of hydrogen-bond acceptors (Lipinski definition) is 6. The Labute approximate surface area is 312 Å². The number of ether oxygens (including phenoxy) is 1. The third kappa shape index (κ3) is 5.67. The maximum Gasteiger partial charge on any atom is 0.245 e. The molecule has 256 valence electrons. The van der Waals surface area contributed by atoms with Gasteiger partial charge in [-0.25, -0.2) is 4.98 Å². The average Bonchev–Trinajstić information content (AvgIpc) is 4.00. The van der Waals surface area contributed by atoms with Crippen molar-refractivity contribution in [3.63, 3.8) is 0 Å². The molecule has 0 bridgehead atoms. The van der Waals surface area contributed by atoms with Crippen molar-refractivity contribution >= 4 is 21.5 Å². The standard InChI is InChI=1S/C48H32N4O2/c1-3-9-31(10-4-1)36-25-37(32-11-5-2-6-12-32)27-38(26-36)33-15-16-41-42(28-33)46(35-18-20-50-44(30-35)48-52-22-24-54-48)40-14-8-7-13-39(40)45(41)34-17-19-49-43(29-34)47-51-21-23-53-47/h1-30,48,52H. The highest BCUT2D eigenvalue weighted by molar-refractivity contribution is 6.22. The second-order valence-electron chi connectivity index (χ2n) is 13.3. The van der Waals surface area contributed by atoms with Gasteiger partial charge < -0.3 is 14.5 Å². The van der Waals surface area contributed by atoms with Gasteiger partial charge in [0.2, 0.25) is 12.1 Å². The van der Waals surface area contributed by atoms with Crippen molar-refractivity contribution < 1.29 is 9.15 Å². The van der Waals surface area contributed by atoms with E-state index in [0.29, 0.717) is 11.6 Å². The number of aromatic nitrogens is 3. The molecule has 6 nitrogen and oxygen atoms in total. The number of nitrogens with zero attached hydrogens (tertiary/aromatic N) is 3. The van der Waals surface area contributed by atoms with Crippen LogP contribution in [0.3, 0.4) is 0 Å². The average molecular weight is 697 g/mol. The normalized spacial score (nSPS) is 13.6. The predicted molar refractivity (Wildman–Crippen MR) is 216 cm³/mol. The maximum absolute atomic E-state index is 5.82. The van der Waals surface area contributed by atoms with E-state index in [4.69, 9.17) is 14.1 Å². The first-order valence-corrected chi connectivity index (χ1v) is 17.9. The molecule has 0 radical (unpaired) electrons. The van der Waals surface area contributed by atoms with E-state index in [0.717, 1.165) is 60.6 Å². The van der Waals surface area contributed by atoms with Gasteiger partial charge in [0.15, 0.2) is 0 Å². The minimum atomic E-state index is -0.347. The molecule has 10 rings (SSSR count). The van der Waals surface area contributed by atoms with Gasteiger partial charge in [-0.2, -0.15) is 0 Å². The van der Waals surface area contributed by atoms with Crippen LogP contribution in [-0.2, 0) is 4.74 Å². The molecular weight excluding hydrogens is 665 g/mol. The lowest BCUT2D eigenvalue weighted by molar-refractivity contribution is 0.150. The van der Waals surface area contributed by atoms with Crippen molar-refractivity contribution in [2.75, 3.05) is 0 Å². The first-order valence-electron chi connectivity index (χ1n) is 17.9. The van der Waals surface area contributed by atoms with Gasteiger partial charge in [0.05, 0.1) is 6.20 Å². The van der Waals surface area contributed by atoms with Crippen LogP contribution in [0.5, 0.6) is 0 Å². The molecule has 0 amide bonds. The molecule has 1 unspecified atom stereocenters. The number of pyridine rings is 2. The van der Waals surface area contributed by atoms with Gasteiger partial charge in [-0.1, -0.05) is 97.1 Å². The molecule has 9 aromatic rings. The Morgan fingerprint density at radius 1 is 0.444 bits per heavy atom. The topological polar surface area (TPSA) is 73.1 Å². The zero-order valence-corrected chi connectivity index (χ0v) is 29.1. The predicted octanol–water partition coefficient (Wildman–Crippen LogP) is 11.9. The van der Waals surface area contributed by atoms with Crippen molar-refractivity contribution in [3.8, 4) is 67.2 Å². The number of fused-ring (bicyclic) bond motifs is 2. The number of nitrogens with one attached hydrogen (secondary N) is 1. The van der Waals surface area contributed by atoms with Gasteiger partial charge in [0, 0.05) is 18.6 Å². The molecule has 1 aliphatic rings. The van der Waals surface area contributed by atoms with Crippen molar-refractivity contribution in [1.82, 2.24) is 20.3 Å². The molecule has 0 saturated carbocycles. The largest absolute Gasteiger partial charge is 0.471 e. The third-order valence-electron chi connectivity index (χ3n) is 10.1. The van der Waals surface area contributed by atoms with E-state index in [-0.39, 0.29) is 6.23 Å². The molecule has 0 fully saturated rings. The zero-order valence-electron chi connectivity index (χ0n) is 29.1. The van der Waals surface area contributed by atoms with Crippen LogP contribution in [0, 0.1) is 0 Å². The molecule has 3 aromatic heterocycles. The van der Waals surface area contributed by atoms with Crippen LogP contribution in [-0.4, -0.2) is 15.0 Å². The Kier molecular flexibility index (Phi) is 7.77. The number of oxazole rings is 1. The summed E-state index contributed by atoms with van der Waals surface area (Å²) in [5.41, 5.74) is 12.8. The minimum Gasteiger partial charge on any atom is -0.471 e. The molecule has 1 atom stereocenters. The molecule has 1 aliphatic heterocycles. The van der Waals surface area contributed by atoms with Gasteiger partial charge in [-0.05, 0) is 126 Å². The molecule has 0 spiro atoms. The van der Waals surface area contributed by atoms with Gasteiger partial charge in [0.25, 0.3) is 0 Å². The smallest absolute Gasteiger partial charge is 0.245 e. The van der Waals surface area contributed by atoms with Crippen LogP contribution < -0.4 is 5.32 Å². The summed E-state index contributed by atoms with van der Waals surface area (Å²) in [6.07, 6.45) is 10.0. The van der Waals surface area contributed by atoms with E-state index in [1.165, 1.54) is 22.3 Å². The first kappa shape index (κ1) is 31.4. The Morgan fingerprint density at radius 2 is 1.06 bits per heavy atom. The Balaban J connectivity index is 1.25. The molecule has 6 heteroatoms. The minimum absolute atomic E-state index is 0.347. The highest BCUT2D eigenvalue weighted by Gasteiger charge is 2.21. The maximum atomic E-state index is 5.82. The van der Waals surface area contributed by atoms with Crippen LogP contribution in [0.4, 0.5) is 0 Å². The van der Waals surface area contributed by atoms with Crippen LogP contribution in [0.1, 0.15) is 11.9 Å². The lowest BCUT2D eigenvalue weighted by Gasteiger charge is -2.20. The zero-order chi connectivity index (χ0) is 35.8.